The van der Waals surface area contributed by atoms with E-state index in [-0.39, 0.29) is 24.5 Å². The van der Waals surface area contributed by atoms with Crippen molar-refractivity contribution in [3.63, 3.8) is 0 Å². The third-order valence-electron chi connectivity index (χ3n) is 8.01. The van der Waals surface area contributed by atoms with Crippen molar-refractivity contribution in [1.29, 1.82) is 0 Å². The number of carbonyl (C=O) groups is 2. The van der Waals surface area contributed by atoms with Crippen LogP contribution < -0.4 is 10.2 Å². The van der Waals surface area contributed by atoms with Gasteiger partial charge in [-0.15, -0.1) is 0 Å². The van der Waals surface area contributed by atoms with Crippen molar-refractivity contribution >= 4 is 28.9 Å². The first-order valence-electron chi connectivity index (χ1n) is 15.0. The molecular formula is C33H38N4O8. The molecule has 0 spiro atoms. The van der Waals surface area contributed by atoms with Gasteiger partial charge in [0.2, 0.25) is 0 Å². The minimum atomic E-state index is -0.940. The number of aliphatic hydroxyl groups is 1. The van der Waals surface area contributed by atoms with Crippen LogP contribution in [0, 0.1) is 10.1 Å². The molecule has 45 heavy (non-hydrogen) atoms. The summed E-state index contributed by atoms with van der Waals surface area (Å²) in [6.45, 7) is 6.59. The Hall–Kier alpha value is -4.36. The number of hydrogen-bond donors (Lipinski definition) is 2. The highest BCUT2D eigenvalue weighted by Crippen LogP contribution is 2.39. The number of hydrogen-bond acceptors (Lipinski definition) is 10. The second kappa shape index (κ2) is 14.6. The van der Waals surface area contributed by atoms with E-state index in [1.54, 1.807) is 30.3 Å². The summed E-state index contributed by atoms with van der Waals surface area (Å²) in [6.07, 6.45) is -1.42. The highest BCUT2D eigenvalue weighted by molar-refractivity contribution is 5.95. The number of benzene rings is 3. The van der Waals surface area contributed by atoms with Crippen molar-refractivity contribution in [3.05, 3.63) is 99.6 Å². The molecule has 5 rings (SSSR count). The molecule has 1 amide bonds. The molecule has 2 aliphatic heterocycles. The minimum absolute atomic E-state index is 0.0411. The standard InChI is InChI=1S/C33H38N4O8/c1-22(43-23(2)39)32(40)34-27-5-3-4-26(18-27)33-44-30(19-31(45-33)25-8-6-24(21-38)7-9-25)20-35-14-16-36(17-15-35)28-10-12-29(13-11-28)37(41)42/h3-13,18,22,30-31,33,38H,14-17,19-21H2,1-2H3,(H,34,40)/t22-,30+,31-,33-/m0/s1. The van der Waals surface area contributed by atoms with Crippen molar-refractivity contribution in [2.75, 3.05) is 42.9 Å². The molecule has 2 heterocycles. The predicted molar refractivity (Wildman–Crippen MR) is 166 cm³/mol. The maximum absolute atomic E-state index is 12.5. The van der Waals surface area contributed by atoms with Gasteiger partial charge >= 0.3 is 5.97 Å². The van der Waals surface area contributed by atoms with E-state index < -0.39 is 29.2 Å². The van der Waals surface area contributed by atoms with Crippen molar-refractivity contribution < 1.29 is 33.8 Å². The molecule has 12 heteroatoms. The number of nitrogens with one attached hydrogen (secondary N) is 1. The maximum Gasteiger partial charge on any atom is 0.303 e. The molecule has 0 unspecified atom stereocenters. The van der Waals surface area contributed by atoms with Crippen LogP contribution in [-0.2, 0) is 30.4 Å². The molecule has 2 aliphatic rings. The lowest BCUT2D eigenvalue weighted by Gasteiger charge is -2.41. The first-order chi connectivity index (χ1) is 21.7. The number of rotatable bonds is 10. The smallest absolute Gasteiger partial charge is 0.303 e. The lowest BCUT2D eigenvalue weighted by atomic mass is 9.99. The van der Waals surface area contributed by atoms with Gasteiger partial charge in [-0.1, -0.05) is 36.4 Å². The van der Waals surface area contributed by atoms with E-state index in [1.165, 1.54) is 26.0 Å². The van der Waals surface area contributed by atoms with Gasteiger partial charge in [0.1, 0.15) is 0 Å². The number of non-ortho nitro benzene ring substituents is 1. The van der Waals surface area contributed by atoms with Gasteiger partial charge in [-0.2, -0.15) is 0 Å². The van der Waals surface area contributed by atoms with E-state index in [4.69, 9.17) is 14.2 Å². The van der Waals surface area contributed by atoms with Gasteiger partial charge in [0.25, 0.3) is 11.6 Å². The van der Waals surface area contributed by atoms with Crippen molar-refractivity contribution in [2.45, 2.75) is 51.5 Å². The summed E-state index contributed by atoms with van der Waals surface area (Å²) in [5.41, 5.74) is 4.09. The van der Waals surface area contributed by atoms with Gasteiger partial charge in [0.05, 0.1) is 23.7 Å². The summed E-state index contributed by atoms with van der Waals surface area (Å²) in [4.78, 5) is 39.0. The molecule has 2 fully saturated rings. The Morgan fingerprint density at radius 1 is 1.02 bits per heavy atom. The average Bonchev–Trinajstić information content (AvgIpc) is 3.05. The number of aliphatic hydroxyl groups excluding tert-OH is 1. The van der Waals surface area contributed by atoms with Crippen LogP contribution in [-0.4, -0.2) is 71.7 Å². The summed E-state index contributed by atoms with van der Waals surface area (Å²) in [5, 5.41) is 23.3. The van der Waals surface area contributed by atoms with E-state index in [0.29, 0.717) is 18.7 Å². The first kappa shape index (κ1) is 32.0. The SMILES string of the molecule is CC(=O)O[C@@H](C)C(=O)Nc1cccc([C@H]2O[C@@H](CN3CCN(c4ccc([N+](=O)[O-])cc4)CC3)C[C@@H](c3ccc(CO)cc3)O2)c1. The highest BCUT2D eigenvalue weighted by atomic mass is 16.7. The third-order valence-corrected chi connectivity index (χ3v) is 8.01. The zero-order chi connectivity index (χ0) is 31.9. The highest BCUT2D eigenvalue weighted by Gasteiger charge is 2.34. The number of anilines is 2. The molecule has 238 valence electrons. The van der Waals surface area contributed by atoms with Crippen LogP contribution in [0.25, 0.3) is 0 Å². The van der Waals surface area contributed by atoms with Gasteiger partial charge in [-0.05, 0) is 42.3 Å². The number of nitrogens with zero attached hydrogens (tertiary/aromatic N) is 3. The van der Waals surface area contributed by atoms with Crippen molar-refractivity contribution in [3.8, 4) is 0 Å². The monoisotopic (exact) mass is 618 g/mol. The number of amides is 1. The van der Waals surface area contributed by atoms with E-state index in [0.717, 1.165) is 48.6 Å². The minimum Gasteiger partial charge on any atom is -0.453 e. The van der Waals surface area contributed by atoms with Crippen LogP contribution in [0.4, 0.5) is 17.1 Å². The zero-order valence-electron chi connectivity index (χ0n) is 25.3. The average molecular weight is 619 g/mol. The molecular weight excluding hydrogens is 580 g/mol. The number of piperazine rings is 1. The second-order valence-corrected chi connectivity index (χ2v) is 11.3. The van der Waals surface area contributed by atoms with E-state index in [1.807, 2.05) is 30.3 Å². The summed E-state index contributed by atoms with van der Waals surface area (Å²) in [5.74, 6) is -0.979. The summed E-state index contributed by atoms with van der Waals surface area (Å²) in [6, 6.07) is 21.6. The van der Waals surface area contributed by atoms with Crippen molar-refractivity contribution in [1.82, 2.24) is 4.90 Å². The molecule has 0 saturated carbocycles. The third kappa shape index (κ3) is 8.43. The fourth-order valence-electron chi connectivity index (χ4n) is 5.60. The molecule has 0 bridgehead atoms. The zero-order valence-corrected chi connectivity index (χ0v) is 25.3. The number of esters is 1. The van der Waals surface area contributed by atoms with Crippen LogP contribution in [0.1, 0.15) is 49.4 Å². The topological polar surface area (TPSA) is 144 Å². The molecule has 3 aromatic rings. The fraction of sp³-hybridized carbons (Fsp3) is 0.394. The van der Waals surface area contributed by atoms with Crippen LogP contribution in [0.5, 0.6) is 0 Å². The Morgan fingerprint density at radius 3 is 2.38 bits per heavy atom. The van der Waals surface area contributed by atoms with Crippen molar-refractivity contribution in [2.24, 2.45) is 0 Å². The van der Waals surface area contributed by atoms with Crippen LogP contribution >= 0.6 is 0 Å². The summed E-state index contributed by atoms with van der Waals surface area (Å²) >= 11 is 0. The molecule has 12 nitrogen and oxygen atoms in total. The Labute approximate surface area is 261 Å². The molecule has 0 aliphatic carbocycles. The van der Waals surface area contributed by atoms with E-state index in [2.05, 4.69) is 15.1 Å². The Kier molecular flexibility index (Phi) is 10.4. The Morgan fingerprint density at radius 2 is 1.73 bits per heavy atom. The first-order valence-corrected chi connectivity index (χ1v) is 15.0. The van der Waals surface area contributed by atoms with Gasteiger partial charge < -0.3 is 29.5 Å². The number of nitro groups is 1. The quantitative estimate of drug-likeness (QED) is 0.191. The molecule has 4 atom stereocenters. The molecule has 0 radical (unpaired) electrons. The number of ether oxygens (including phenoxy) is 3. The van der Waals surface area contributed by atoms with Crippen LogP contribution in [0.3, 0.4) is 0 Å². The summed E-state index contributed by atoms with van der Waals surface area (Å²) in [7, 11) is 0. The molecule has 0 aromatic heterocycles. The maximum atomic E-state index is 12.5. The molecule has 2 N–H and O–H groups in total. The molecule has 3 aromatic carbocycles. The lowest BCUT2D eigenvalue weighted by Crippen LogP contribution is -2.49. The largest absolute Gasteiger partial charge is 0.453 e. The van der Waals surface area contributed by atoms with E-state index >= 15 is 0 Å². The predicted octanol–water partition coefficient (Wildman–Crippen LogP) is 4.34. The van der Waals surface area contributed by atoms with Gasteiger partial charge in [0.15, 0.2) is 12.4 Å². The summed E-state index contributed by atoms with van der Waals surface area (Å²) < 4.78 is 18.0. The fourth-order valence-corrected chi connectivity index (χ4v) is 5.60. The van der Waals surface area contributed by atoms with Crippen LogP contribution in [0.2, 0.25) is 0 Å². The second-order valence-electron chi connectivity index (χ2n) is 11.3. The van der Waals surface area contributed by atoms with Gasteiger partial charge in [0, 0.05) is 75.1 Å². The van der Waals surface area contributed by atoms with Gasteiger partial charge in [-0.25, -0.2) is 0 Å². The van der Waals surface area contributed by atoms with E-state index in [9.17, 15) is 24.8 Å². The Balaban J connectivity index is 1.27. The number of nitro benzene ring substituents is 1. The molecule has 2 saturated heterocycles. The van der Waals surface area contributed by atoms with Gasteiger partial charge in [-0.3, -0.25) is 24.6 Å². The lowest BCUT2D eigenvalue weighted by molar-refractivity contribution is -0.384. The Bertz CT molecular complexity index is 1470. The normalized spacial score (nSPS) is 21.1. The number of carbonyl (C=O) groups excluding carboxylic acids is 2. The van der Waals surface area contributed by atoms with Crippen LogP contribution in [0.15, 0.2) is 72.8 Å².